The van der Waals surface area contributed by atoms with Gasteiger partial charge in [-0.15, -0.1) is 11.3 Å². The average Bonchev–Trinajstić information content (AvgIpc) is 3.13. The van der Waals surface area contributed by atoms with E-state index in [1.807, 2.05) is 29.2 Å². The largest absolute Gasteiger partial charge is 0.395 e. The summed E-state index contributed by atoms with van der Waals surface area (Å²) >= 11 is 7.84. The lowest BCUT2D eigenvalue weighted by atomic mass is 10.2. The Bertz CT molecular complexity index is 649. The maximum atomic E-state index is 12.9. The van der Waals surface area contributed by atoms with Crippen molar-refractivity contribution in [3.63, 3.8) is 0 Å². The number of carbonyl (C=O) groups is 1. The van der Waals surface area contributed by atoms with Crippen LogP contribution in [0, 0.1) is 0 Å². The number of aliphatic hydroxyl groups is 1. The summed E-state index contributed by atoms with van der Waals surface area (Å²) in [7, 11) is 0. The fourth-order valence-electron chi connectivity index (χ4n) is 3.06. The van der Waals surface area contributed by atoms with Crippen LogP contribution >= 0.6 is 22.9 Å². The summed E-state index contributed by atoms with van der Waals surface area (Å²) in [4.78, 5) is 15.3. The lowest BCUT2D eigenvalue weighted by Gasteiger charge is -2.28. The zero-order valence-corrected chi connectivity index (χ0v) is 13.3. The first-order chi connectivity index (χ1) is 10.2. The number of aliphatic hydroxyl groups excluding tert-OH is 1. The fraction of sp³-hybridized carbons (Fsp3) is 0.438. The molecule has 5 heteroatoms. The predicted molar refractivity (Wildman–Crippen MR) is 87.2 cm³/mol. The van der Waals surface area contributed by atoms with Crippen molar-refractivity contribution in [1.29, 1.82) is 0 Å². The molecule has 0 aliphatic heterocycles. The molecule has 1 aliphatic rings. The van der Waals surface area contributed by atoms with Crippen molar-refractivity contribution < 1.29 is 9.90 Å². The number of halogens is 1. The van der Waals surface area contributed by atoms with Crippen molar-refractivity contribution in [2.45, 2.75) is 31.7 Å². The Kier molecular flexibility index (Phi) is 4.48. The molecule has 1 aromatic heterocycles. The molecule has 0 bridgehead atoms. The first-order valence-corrected chi connectivity index (χ1v) is 8.50. The van der Waals surface area contributed by atoms with Gasteiger partial charge in [0, 0.05) is 22.7 Å². The zero-order valence-electron chi connectivity index (χ0n) is 11.7. The number of carbonyl (C=O) groups excluding carboxylic acids is 1. The molecule has 3 nitrogen and oxygen atoms in total. The van der Waals surface area contributed by atoms with Crippen LogP contribution in [0.5, 0.6) is 0 Å². The third-order valence-corrected chi connectivity index (χ3v) is 5.76. The lowest BCUT2D eigenvalue weighted by Crippen LogP contribution is -2.40. The Hall–Kier alpha value is -1.10. The van der Waals surface area contributed by atoms with E-state index >= 15 is 0 Å². The van der Waals surface area contributed by atoms with E-state index in [0.717, 1.165) is 35.8 Å². The normalized spacial score (nSPS) is 15.7. The molecule has 0 atom stereocenters. The molecule has 1 amide bonds. The highest BCUT2D eigenvalue weighted by atomic mass is 35.5. The zero-order chi connectivity index (χ0) is 14.8. The Labute approximate surface area is 133 Å². The number of fused-ring (bicyclic) bond motifs is 1. The van der Waals surface area contributed by atoms with Gasteiger partial charge < -0.3 is 10.0 Å². The van der Waals surface area contributed by atoms with Gasteiger partial charge in [0.1, 0.15) is 4.88 Å². The minimum absolute atomic E-state index is 0.00917. The number of thiophene rings is 1. The average molecular weight is 324 g/mol. The van der Waals surface area contributed by atoms with Gasteiger partial charge in [-0.05, 0) is 18.9 Å². The minimum atomic E-state index is -0.0397. The highest BCUT2D eigenvalue weighted by Crippen LogP contribution is 2.37. The van der Waals surface area contributed by atoms with Gasteiger partial charge in [-0.2, -0.15) is 0 Å². The van der Waals surface area contributed by atoms with Gasteiger partial charge in [0.2, 0.25) is 0 Å². The van der Waals surface area contributed by atoms with Crippen molar-refractivity contribution in [3.8, 4) is 0 Å². The van der Waals surface area contributed by atoms with Crippen LogP contribution in [-0.4, -0.2) is 35.1 Å². The molecule has 1 fully saturated rings. The molecule has 3 rings (SSSR count). The maximum absolute atomic E-state index is 12.9. The second-order valence-electron chi connectivity index (χ2n) is 5.40. The third-order valence-electron chi connectivity index (χ3n) is 4.10. The Morgan fingerprint density at radius 1 is 1.33 bits per heavy atom. The molecular weight excluding hydrogens is 306 g/mol. The first kappa shape index (κ1) is 14.8. The second kappa shape index (κ2) is 6.34. The van der Waals surface area contributed by atoms with Crippen LogP contribution in [0.1, 0.15) is 35.4 Å². The number of nitrogens with zero attached hydrogens (tertiary/aromatic N) is 1. The smallest absolute Gasteiger partial charge is 0.265 e. The van der Waals surface area contributed by atoms with Crippen LogP contribution in [0.3, 0.4) is 0 Å². The molecule has 0 radical (unpaired) electrons. The topological polar surface area (TPSA) is 40.5 Å². The predicted octanol–water partition coefficient (Wildman–Crippen LogP) is 3.93. The van der Waals surface area contributed by atoms with Crippen LogP contribution in [0.25, 0.3) is 10.1 Å². The summed E-state index contributed by atoms with van der Waals surface area (Å²) in [6, 6.07) is 8.04. The van der Waals surface area contributed by atoms with Crippen molar-refractivity contribution in [3.05, 3.63) is 34.2 Å². The minimum Gasteiger partial charge on any atom is -0.395 e. The van der Waals surface area contributed by atoms with Crippen molar-refractivity contribution in [1.82, 2.24) is 4.90 Å². The quantitative estimate of drug-likeness (QED) is 0.926. The van der Waals surface area contributed by atoms with E-state index in [4.69, 9.17) is 11.6 Å². The molecular formula is C16H18ClNO2S. The molecule has 1 aliphatic carbocycles. The highest BCUT2D eigenvalue weighted by molar-refractivity contribution is 7.21. The van der Waals surface area contributed by atoms with E-state index < -0.39 is 0 Å². The van der Waals surface area contributed by atoms with E-state index in [-0.39, 0.29) is 18.6 Å². The van der Waals surface area contributed by atoms with Crippen LogP contribution in [0.2, 0.25) is 5.02 Å². The fourth-order valence-corrected chi connectivity index (χ4v) is 4.52. The van der Waals surface area contributed by atoms with E-state index in [0.29, 0.717) is 16.4 Å². The van der Waals surface area contributed by atoms with Gasteiger partial charge in [0.25, 0.3) is 5.91 Å². The molecule has 112 valence electrons. The highest BCUT2D eigenvalue weighted by Gasteiger charge is 2.29. The summed E-state index contributed by atoms with van der Waals surface area (Å²) in [5.41, 5.74) is 0. The molecule has 1 heterocycles. The molecule has 0 saturated heterocycles. The van der Waals surface area contributed by atoms with E-state index in [1.54, 1.807) is 0 Å². The molecule has 2 aromatic rings. The number of hydrogen-bond acceptors (Lipinski definition) is 3. The van der Waals surface area contributed by atoms with Crippen molar-refractivity contribution in [2.24, 2.45) is 0 Å². The SMILES string of the molecule is O=C(c1sc2ccccc2c1Cl)N(CCO)C1CCCC1. The van der Waals surface area contributed by atoms with Crippen LogP contribution < -0.4 is 0 Å². The molecule has 1 N–H and O–H groups in total. The number of amides is 1. The standard InChI is InChI=1S/C16H18ClNO2S/c17-14-12-7-3-4-8-13(12)21-15(14)16(20)18(9-10-19)11-5-1-2-6-11/h3-4,7-8,11,19H,1-2,5-6,9-10H2. The molecule has 0 unspecified atom stereocenters. The molecule has 0 spiro atoms. The van der Waals surface area contributed by atoms with Crippen LogP contribution in [0.15, 0.2) is 24.3 Å². The Morgan fingerprint density at radius 2 is 2.05 bits per heavy atom. The lowest BCUT2D eigenvalue weighted by molar-refractivity contribution is 0.0643. The molecule has 1 aromatic carbocycles. The third kappa shape index (κ3) is 2.80. The van der Waals surface area contributed by atoms with Gasteiger partial charge in [0.05, 0.1) is 11.6 Å². The maximum Gasteiger partial charge on any atom is 0.265 e. The van der Waals surface area contributed by atoms with Gasteiger partial charge >= 0.3 is 0 Å². The Morgan fingerprint density at radius 3 is 2.71 bits per heavy atom. The van der Waals surface area contributed by atoms with Crippen LogP contribution in [0.4, 0.5) is 0 Å². The monoisotopic (exact) mass is 323 g/mol. The second-order valence-corrected chi connectivity index (χ2v) is 6.83. The number of benzene rings is 1. The van der Waals surface area contributed by atoms with Crippen molar-refractivity contribution >= 4 is 38.9 Å². The van der Waals surface area contributed by atoms with Crippen LogP contribution in [-0.2, 0) is 0 Å². The summed E-state index contributed by atoms with van der Waals surface area (Å²) in [6.45, 7) is 0.374. The van der Waals surface area contributed by atoms with E-state index in [2.05, 4.69) is 0 Å². The molecule has 1 saturated carbocycles. The summed E-state index contributed by atoms with van der Waals surface area (Å²) in [6.07, 6.45) is 4.35. The Balaban J connectivity index is 1.95. The van der Waals surface area contributed by atoms with Crippen molar-refractivity contribution in [2.75, 3.05) is 13.2 Å². The van der Waals surface area contributed by atoms with Gasteiger partial charge in [-0.1, -0.05) is 42.6 Å². The first-order valence-electron chi connectivity index (χ1n) is 7.31. The summed E-state index contributed by atoms with van der Waals surface area (Å²) in [5.74, 6) is -0.0397. The van der Waals surface area contributed by atoms with Gasteiger partial charge in [-0.25, -0.2) is 0 Å². The summed E-state index contributed by atoms with van der Waals surface area (Å²) in [5, 5.41) is 10.8. The summed E-state index contributed by atoms with van der Waals surface area (Å²) < 4.78 is 1.03. The number of rotatable bonds is 4. The van der Waals surface area contributed by atoms with Gasteiger partial charge in [0.15, 0.2) is 0 Å². The van der Waals surface area contributed by atoms with E-state index in [9.17, 15) is 9.90 Å². The van der Waals surface area contributed by atoms with E-state index in [1.165, 1.54) is 11.3 Å². The number of hydrogen-bond donors (Lipinski definition) is 1. The van der Waals surface area contributed by atoms with Gasteiger partial charge in [-0.3, -0.25) is 4.79 Å². The molecule has 21 heavy (non-hydrogen) atoms.